The lowest BCUT2D eigenvalue weighted by Gasteiger charge is -2.25. The van der Waals surface area contributed by atoms with Crippen LogP contribution >= 0.6 is 0 Å². The van der Waals surface area contributed by atoms with E-state index in [9.17, 15) is 5.26 Å². The molecule has 5 nitrogen and oxygen atoms in total. The van der Waals surface area contributed by atoms with E-state index >= 15 is 0 Å². The van der Waals surface area contributed by atoms with E-state index in [2.05, 4.69) is 48.3 Å². The maximum atomic E-state index is 9.76. The average Bonchev–Trinajstić information content (AvgIpc) is 3.03. The summed E-state index contributed by atoms with van der Waals surface area (Å²) in [6.07, 6.45) is 0. The summed E-state index contributed by atoms with van der Waals surface area (Å²) in [7, 11) is 0. The third-order valence-corrected chi connectivity index (χ3v) is 4.68. The van der Waals surface area contributed by atoms with Gasteiger partial charge in [0.05, 0.1) is 11.5 Å². The highest BCUT2D eigenvalue weighted by molar-refractivity contribution is 5.87. The van der Waals surface area contributed by atoms with Crippen molar-refractivity contribution in [1.82, 2.24) is 10.2 Å². The molecule has 1 aromatic heterocycles. The fourth-order valence-corrected chi connectivity index (χ4v) is 3.52. The lowest BCUT2D eigenvalue weighted by atomic mass is 9.80. The van der Waals surface area contributed by atoms with Gasteiger partial charge >= 0.3 is 0 Å². The van der Waals surface area contributed by atoms with Gasteiger partial charge in [-0.1, -0.05) is 56.3 Å². The molecule has 3 N–H and O–H groups in total. The Morgan fingerprint density at radius 3 is 2.72 bits per heavy atom. The molecule has 0 bridgehead atoms. The lowest BCUT2D eigenvalue weighted by Crippen LogP contribution is -2.21. The summed E-state index contributed by atoms with van der Waals surface area (Å²) in [4.78, 5) is 0. The van der Waals surface area contributed by atoms with Crippen LogP contribution < -0.4 is 10.5 Å². The number of nitrogens with zero attached hydrogens (tertiary/aromatic N) is 2. The van der Waals surface area contributed by atoms with E-state index in [1.54, 1.807) is 0 Å². The molecule has 124 valence electrons. The maximum Gasteiger partial charge on any atom is 0.244 e. The number of hydrogen-bond acceptors (Lipinski definition) is 4. The van der Waals surface area contributed by atoms with Gasteiger partial charge in [0.15, 0.2) is 0 Å². The highest BCUT2D eigenvalue weighted by Crippen LogP contribution is 2.45. The van der Waals surface area contributed by atoms with Crippen molar-refractivity contribution < 1.29 is 4.74 Å². The molecule has 0 fully saturated rings. The molecule has 0 radical (unpaired) electrons. The normalized spacial score (nSPS) is 16.6. The van der Waals surface area contributed by atoms with E-state index in [1.165, 1.54) is 0 Å². The summed E-state index contributed by atoms with van der Waals surface area (Å²) in [6, 6.07) is 16.5. The minimum atomic E-state index is -0.295. The van der Waals surface area contributed by atoms with Gasteiger partial charge in [-0.2, -0.15) is 5.26 Å². The Kier molecular flexibility index (Phi) is 3.47. The van der Waals surface area contributed by atoms with Crippen molar-refractivity contribution in [2.24, 2.45) is 5.73 Å². The number of H-pyrrole nitrogens is 1. The van der Waals surface area contributed by atoms with E-state index in [0.717, 1.165) is 27.6 Å². The summed E-state index contributed by atoms with van der Waals surface area (Å²) in [6.45, 7) is 4.17. The zero-order valence-electron chi connectivity index (χ0n) is 14.1. The lowest BCUT2D eigenvalue weighted by molar-refractivity contribution is 0.379. The van der Waals surface area contributed by atoms with Crippen LogP contribution in [0.2, 0.25) is 0 Å². The van der Waals surface area contributed by atoms with Crippen molar-refractivity contribution in [3.63, 3.8) is 0 Å². The second-order valence-corrected chi connectivity index (χ2v) is 6.50. The molecule has 1 unspecified atom stereocenters. The second kappa shape index (κ2) is 5.67. The van der Waals surface area contributed by atoms with Crippen LogP contribution in [-0.4, -0.2) is 10.2 Å². The van der Waals surface area contributed by atoms with Crippen LogP contribution in [0.5, 0.6) is 5.88 Å². The molecule has 0 saturated carbocycles. The Bertz CT molecular complexity index is 1030. The first-order valence-corrected chi connectivity index (χ1v) is 8.25. The molecule has 1 atom stereocenters. The molecule has 5 heteroatoms. The van der Waals surface area contributed by atoms with Gasteiger partial charge in [0.1, 0.15) is 11.6 Å². The molecular weight excluding hydrogens is 312 g/mol. The minimum absolute atomic E-state index is 0.120. The quantitative estimate of drug-likeness (QED) is 0.746. The van der Waals surface area contributed by atoms with Crippen molar-refractivity contribution in [3.8, 4) is 11.9 Å². The topological polar surface area (TPSA) is 87.7 Å². The molecule has 2 heterocycles. The molecular formula is C20H18N4O. The Morgan fingerprint density at radius 2 is 1.96 bits per heavy atom. The van der Waals surface area contributed by atoms with Crippen LogP contribution in [0, 0.1) is 11.3 Å². The first kappa shape index (κ1) is 15.3. The van der Waals surface area contributed by atoms with E-state index < -0.39 is 0 Å². The first-order chi connectivity index (χ1) is 12.1. The minimum Gasteiger partial charge on any atom is -0.420 e. The second-order valence-electron chi connectivity index (χ2n) is 6.50. The summed E-state index contributed by atoms with van der Waals surface area (Å²) in [5.74, 6) is 0.500. The highest BCUT2D eigenvalue weighted by atomic mass is 16.5. The van der Waals surface area contributed by atoms with Gasteiger partial charge in [-0.15, -0.1) is 5.10 Å². The predicted molar refractivity (Wildman–Crippen MR) is 95.9 cm³/mol. The molecule has 2 aromatic carbocycles. The highest BCUT2D eigenvalue weighted by Gasteiger charge is 2.36. The Morgan fingerprint density at radius 1 is 1.20 bits per heavy atom. The Labute approximate surface area is 145 Å². The molecule has 3 aromatic rings. The van der Waals surface area contributed by atoms with Crippen molar-refractivity contribution in [2.45, 2.75) is 25.7 Å². The standard InChI is InChI=1S/C20H18N4O/c1-11(2)18-17-16(15(10-21)19(22)25-20(17)24-23-18)14-9-5-7-12-6-3-4-8-13(12)14/h3-9,11,16H,22H2,1-2H3,(H,23,24). The molecule has 0 spiro atoms. The van der Waals surface area contributed by atoms with Gasteiger partial charge in [0.2, 0.25) is 11.8 Å². The summed E-state index contributed by atoms with van der Waals surface area (Å²) >= 11 is 0. The number of nitrogens with one attached hydrogen (secondary N) is 1. The molecule has 1 aliphatic heterocycles. The monoisotopic (exact) mass is 330 g/mol. The van der Waals surface area contributed by atoms with E-state index in [1.807, 2.05) is 24.3 Å². The Hall–Kier alpha value is -3.26. The summed E-state index contributed by atoms with van der Waals surface area (Å²) in [5.41, 5.74) is 9.36. The smallest absolute Gasteiger partial charge is 0.244 e. The van der Waals surface area contributed by atoms with Crippen LogP contribution in [0.4, 0.5) is 0 Å². The van der Waals surface area contributed by atoms with Gasteiger partial charge in [0.25, 0.3) is 0 Å². The third kappa shape index (κ3) is 2.26. The third-order valence-electron chi connectivity index (χ3n) is 4.68. The van der Waals surface area contributed by atoms with E-state index in [4.69, 9.17) is 10.5 Å². The van der Waals surface area contributed by atoms with Gasteiger partial charge < -0.3 is 10.5 Å². The first-order valence-electron chi connectivity index (χ1n) is 8.25. The van der Waals surface area contributed by atoms with Crippen LogP contribution in [-0.2, 0) is 0 Å². The summed E-state index contributed by atoms with van der Waals surface area (Å²) in [5, 5.41) is 19.3. The number of rotatable bonds is 2. The molecule has 0 saturated heterocycles. The van der Waals surface area contributed by atoms with Crippen molar-refractivity contribution in [2.75, 3.05) is 0 Å². The van der Waals surface area contributed by atoms with Crippen LogP contribution in [0.3, 0.4) is 0 Å². The van der Waals surface area contributed by atoms with Crippen LogP contribution in [0.15, 0.2) is 53.9 Å². The van der Waals surface area contributed by atoms with E-state index in [-0.39, 0.29) is 17.7 Å². The number of aromatic nitrogens is 2. The Balaban J connectivity index is 2.05. The number of ether oxygens (including phenoxy) is 1. The zero-order chi connectivity index (χ0) is 17.6. The fraction of sp³-hybridized carbons (Fsp3) is 0.200. The number of aromatic amines is 1. The van der Waals surface area contributed by atoms with Crippen LogP contribution in [0.1, 0.15) is 42.5 Å². The van der Waals surface area contributed by atoms with Gasteiger partial charge in [-0.3, -0.25) is 5.10 Å². The fourth-order valence-electron chi connectivity index (χ4n) is 3.52. The predicted octanol–water partition coefficient (Wildman–Crippen LogP) is 3.90. The van der Waals surface area contributed by atoms with Crippen LogP contribution in [0.25, 0.3) is 10.8 Å². The van der Waals surface area contributed by atoms with Gasteiger partial charge in [0, 0.05) is 5.69 Å². The number of benzene rings is 2. The molecule has 1 aliphatic rings. The number of fused-ring (bicyclic) bond motifs is 2. The SMILES string of the molecule is CC(C)c1[nH]nc2c1C(c1cccc3ccccc13)C(C#N)=C(N)O2. The van der Waals surface area contributed by atoms with Gasteiger partial charge in [-0.05, 0) is 22.3 Å². The molecule has 4 rings (SSSR count). The maximum absolute atomic E-state index is 9.76. The average molecular weight is 330 g/mol. The number of hydrogen-bond donors (Lipinski definition) is 2. The number of nitriles is 1. The molecule has 25 heavy (non-hydrogen) atoms. The zero-order valence-corrected chi connectivity index (χ0v) is 14.1. The molecule has 0 amide bonds. The number of nitrogens with two attached hydrogens (primary N) is 1. The van der Waals surface area contributed by atoms with Crippen molar-refractivity contribution in [1.29, 1.82) is 5.26 Å². The van der Waals surface area contributed by atoms with Crippen molar-refractivity contribution in [3.05, 3.63) is 70.7 Å². The van der Waals surface area contributed by atoms with Crippen molar-refractivity contribution >= 4 is 10.8 Å². The van der Waals surface area contributed by atoms with E-state index in [0.29, 0.717) is 11.5 Å². The summed E-state index contributed by atoms with van der Waals surface area (Å²) < 4.78 is 5.62. The largest absolute Gasteiger partial charge is 0.420 e. The molecule has 0 aliphatic carbocycles. The number of allylic oxidation sites excluding steroid dienone is 1. The van der Waals surface area contributed by atoms with Gasteiger partial charge in [-0.25, -0.2) is 0 Å².